The number of hydrogen-bond donors (Lipinski definition) is 0. The van der Waals surface area contributed by atoms with E-state index in [-0.39, 0.29) is 23.7 Å². The summed E-state index contributed by atoms with van der Waals surface area (Å²) in [6.07, 6.45) is 1.58. The van der Waals surface area contributed by atoms with E-state index < -0.39 is 0 Å². The summed E-state index contributed by atoms with van der Waals surface area (Å²) in [5, 5.41) is 14.4. The van der Waals surface area contributed by atoms with E-state index in [2.05, 4.69) is 20.5 Å². The van der Waals surface area contributed by atoms with E-state index >= 15 is 0 Å². The van der Waals surface area contributed by atoms with Crippen LogP contribution in [0.2, 0.25) is 0 Å². The first-order valence-electron chi connectivity index (χ1n) is 9.15. The molecule has 0 spiro atoms. The van der Waals surface area contributed by atoms with Crippen molar-refractivity contribution in [3.05, 3.63) is 57.8 Å². The lowest BCUT2D eigenvalue weighted by atomic mass is 10.1. The van der Waals surface area contributed by atoms with Gasteiger partial charge >= 0.3 is 5.69 Å². The number of nitrogens with zero attached hydrogens (tertiary/aromatic N) is 7. The second kappa shape index (κ2) is 7.48. The van der Waals surface area contributed by atoms with E-state index in [9.17, 15) is 9.18 Å². The Hall–Kier alpha value is -3.34. The summed E-state index contributed by atoms with van der Waals surface area (Å²) in [5.74, 6) is -0.298. The van der Waals surface area contributed by atoms with Crippen LogP contribution >= 0.6 is 11.3 Å². The largest absolute Gasteiger partial charge is 0.463 e. The molecule has 4 aromatic rings. The van der Waals surface area contributed by atoms with Gasteiger partial charge < -0.3 is 4.74 Å². The summed E-state index contributed by atoms with van der Waals surface area (Å²) in [5.41, 5.74) is 1.95. The number of aromatic nitrogens is 7. The maximum atomic E-state index is 13.1. The Labute approximate surface area is 175 Å². The number of rotatable bonds is 5. The molecule has 9 nitrogen and oxygen atoms in total. The highest BCUT2D eigenvalue weighted by Gasteiger charge is 2.24. The highest BCUT2D eigenvalue weighted by molar-refractivity contribution is 7.11. The molecule has 3 heterocycles. The minimum Gasteiger partial charge on any atom is -0.463 e. The zero-order valence-electron chi connectivity index (χ0n) is 16.9. The van der Waals surface area contributed by atoms with Crippen molar-refractivity contribution in [2.75, 3.05) is 0 Å². The minimum absolute atomic E-state index is 0.131. The second-order valence-electron chi connectivity index (χ2n) is 7.65. The van der Waals surface area contributed by atoms with Crippen LogP contribution in [0, 0.1) is 5.82 Å². The van der Waals surface area contributed by atoms with Crippen molar-refractivity contribution in [3.8, 4) is 22.1 Å². The molecule has 0 fully saturated rings. The summed E-state index contributed by atoms with van der Waals surface area (Å²) in [4.78, 5) is 16.8. The quantitative estimate of drug-likeness (QED) is 0.484. The van der Waals surface area contributed by atoms with E-state index in [0.717, 1.165) is 10.2 Å². The molecule has 0 atom stereocenters. The molecule has 156 valence electrons. The van der Waals surface area contributed by atoms with Crippen LogP contribution in [0.1, 0.15) is 26.5 Å². The van der Waals surface area contributed by atoms with Gasteiger partial charge in [-0.05, 0) is 55.5 Å². The zero-order valence-corrected chi connectivity index (χ0v) is 17.7. The maximum absolute atomic E-state index is 13.1. The fourth-order valence-electron chi connectivity index (χ4n) is 2.93. The smallest absolute Gasteiger partial charge is 0.368 e. The van der Waals surface area contributed by atoms with Gasteiger partial charge in [-0.2, -0.15) is 14.5 Å². The van der Waals surface area contributed by atoms with Crippen molar-refractivity contribution >= 4 is 11.3 Å². The van der Waals surface area contributed by atoms with E-state index in [1.54, 1.807) is 23.0 Å². The van der Waals surface area contributed by atoms with Crippen molar-refractivity contribution in [2.45, 2.75) is 32.9 Å². The molecule has 0 unspecified atom stereocenters. The number of halogens is 1. The minimum atomic E-state index is -0.377. The van der Waals surface area contributed by atoms with E-state index in [0.29, 0.717) is 22.3 Å². The van der Waals surface area contributed by atoms with E-state index in [1.165, 1.54) is 35.2 Å². The van der Waals surface area contributed by atoms with Crippen LogP contribution in [0.15, 0.2) is 40.6 Å². The molecule has 0 aliphatic carbocycles. The van der Waals surface area contributed by atoms with Crippen LogP contribution in [0.25, 0.3) is 16.9 Å². The van der Waals surface area contributed by atoms with Crippen LogP contribution in [-0.4, -0.2) is 34.6 Å². The molecule has 4 rings (SSSR count). The van der Waals surface area contributed by atoms with Crippen LogP contribution in [-0.2, 0) is 19.2 Å². The molecule has 1 aromatic carbocycles. The van der Waals surface area contributed by atoms with Gasteiger partial charge in [0.25, 0.3) is 5.19 Å². The molecular weight excluding hydrogens is 409 g/mol. The van der Waals surface area contributed by atoms with Crippen molar-refractivity contribution in [2.24, 2.45) is 7.05 Å². The van der Waals surface area contributed by atoms with Crippen LogP contribution in [0.3, 0.4) is 0 Å². The standard InChI is InChI=1S/C19H20FN7O2S/c1-19(2,3)27-16(15(9-21-27)26-18(28)25(4)23-24-26)10-29-17-22-14(11-30-17)12-5-7-13(20)8-6-12/h5-9,11H,10H2,1-4H3. The summed E-state index contributed by atoms with van der Waals surface area (Å²) in [6.45, 7) is 6.14. The Morgan fingerprint density at radius 2 is 1.90 bits per heavy atom. The van der Waals surface area contributed by atoms with Gasteiger partial charge in [0, 0.05) is 18.0 Å². The summed E-state index contributed by atoms with van der Waals surface area (Å²) in [6, 6.07) is 6.12. The van der Waals surface area contributed by atoms with Crippen LogP contribution in [0.4, 0.5) is 4.39 Å². The molecule has 0 radical (unpaired) electrons. The van der Waals surface area contributed by atoms with Crippen molar-refractivity contribution in [3.63, 3.8) is 0 Å². The highest BCUT2D eigenvalue weighted by atomic mass is 32.1. The predicted molar refractivity (Wildman–Crippen MR) is 109 cm³/mol. The molecule has 0 aliphatic rings. The fourth-order valence-corrected chi connectivity index (χ4v) is 3.61. The lowest BCUT2D eigenvalue weighted by molar-refractivity contribution is 0.263. The predicted octanol–water partition coefficient (Wildman–Crippen LogP) is 2.76. The van der Waals surface area contributed by atoms with Crippen LogP contribution in [0.5, 0.6) is 5.19 Å². The first-order valence-corrected chi connectivity index (χ1v) is 10.0. The maximum Gasteiger partial charge on any atom is 0.368 e. The molecule has 30 heavy (non-hydrogen) atoms. The third-order valence-corrected chi connectivity index (χ3v) is 5.14. The zero-order chi connectivity index (χ0) is 21.5. The number of ether oxygens (including phenoxy) is 1. The van der Waals surface area contributed by atoms with Crippen molar-refractivity contribution in [1.82, 2.24) is 34.6 Å². The van der Waals surface area contributed by atoms with Gasteiger partial charge in [0.05, 0.1) is 17.4 Å². The van der Waals surface area contributed by atoms with Crippen molar-refractivity contribution < 1.29 is 9.13 Å². The number of benzene rings is 1. The first-order chi connectivity index (χ1) is 14.2. The SMILES string of the molecule is Cn1nnn(-c2cnn(C(C)(C)C)c2COc2nc(-c3ccc(F)cc3)cs2)c1=O. The van der Waals surface area contributed by atoms with Crippen LogP contribution < -0.4 is 10.4 Å². The topological polar surface area (TPSA) is 92.7 Å². The summed E-state index contributed by atoms with van der Waals surface area (Å²) >= 11 is 1.34. The Kier molecular flexibility index (Phi) is 4.98. The Morgan fingerprint density at radius 1 is 1.17 bits per heavy atom. The first kappa shape index (κ1) is 20.0. The molecule has 0 aliphatic heterocycles. The molecule has 0 saturated heterocycles. The van der Waals surface area contributed by atoms with E-state index in [1.807, 2.05) is 26.2 Å². The normalized spacial score (nSPS) is 11.8. The molecule has 0 bridgehead atoms. The molecule has 0 amide bonds. The Morgan fingerprint density at radius 3 is 2.53 bits per heavy atom. The van der Waals surface area contributed by atoms with Gasteiger partial charge in [-0.25, -0.2) is 14.2 Å². The number of thiazole rings is 1. The fraction of sp³-hybridized carbons (Fsp3) is 0.316. The summed E-state index contributed by atoms with van der Waals surface area (Å²) < 4.78 is 23.2. The average molecular weight is 429 g/mol. The van der Waals surface area contributed by atoms with Gasteiger partial charge in [-0.1, -0.05) is 11.3 Å². The van der Waals surface area contributed by atoms with Gasteiger partial charge in [0.1, 0.15) is 23.8 Å². The molecule has 3 aromatic heterocycles. The van der Waals surface area contributed by atoms with Crippen molar-refractivity contribution in [1.29, 1.82) is 0 Å². The van der Waals surface area contributed by atoms with Gasteiger partial charge in [-0.15, -0.1) is 0 Å². The highest BCUT2D eigenvalue weighted by Crippen LogP contribution is 2.28. The number of hydrogen-bond acceptors (Lipinski definition) is 7. The second-order valence-corrected chi connectivity index (χ2v) is 8.47. The Bertz CT molecular complexity index is 1230. The third-order valence-electron chi connectivity index (χ3n) is 4.39. The molecule has 11 heteroatoms. The lowest BCUT2D eigenvalue weighted by Gasteiger charge is -2.22. The number of tetrazole rings is 1. The van der Waals surface area contributed by atoms with Gasteiger partial charge in [0.15, 0.2) is 0 Å². The molecule has 0 saturated carbocycles. The molecular formula is C19H20FN7O2S. The lowest BCUT2D eigenvalue weighted by Crippen LogP contribution is -2.28. The monoisotopic (exact) mass is 429 g/mol. The van der Waals surface area contributed by atoms with Gasteiger partial charge in [0.2, 0.25) is 0 Å². The third kappa shape index (κ3) is 3.75. The van der Waals surface area contributed by atoms with E-state index in [4.69, 9.17) is 4.74 Å². The Balaban J connectivity index is 1.63. The average Bonchev–Trinajstić information content (AvgIpc) is 3.40. The number of aryl methyl sites for hydroxylation is 1. The summed E-state index contributed by atoms with van der Waals surface area (Å²) in [7, 11) is 1.53. The molecule has 0 N–H and O–H groups in total. The van der Waals surface area contributed by atoms with Gasteiger partial charge in [-0.3, -0.25) is 4.68 Å².